The van der Waals surface area contributed by atoms with Gasteiger partial charge in [0.1, 0.15) is 5.82 Å². The predicted molar refractivity (Wildman–Crippen MR) is 71.5 cm³/mol. The Hall–Kier alpha value is -0.880. The zero-order valence-electron chi connectivity index (χ0n) is 10.7. The van der Waals surface area contributed by atoms with Gasteiger partial charge >= 0.3 is 0 Å². The predicted octanol–water partition coefficient (Wildman–Crippen LogP) is 1.16. The Morgan fingerprint density at radius 2 is 2.06 bits per heavy atom. The van der Waals surface area contributed by atoms with E-state index in [-0.39, 0.29) is 11.6 Å². The molecule has 0 saturated carbocycles. The minimum atomic E-state index is -0.227. The van der Waals surface area contributed by atoms with E-state index in [1.807, 2.05) is 14.1 Å². The maximum Gasteiger partial charge on any atom is 0.128 e. The molecule has 0 aliphatic rings. The number of aromatic nitrogens is 1. The lowest BCUT2D eigenvalue weighted by molar-refractivity contribution is 0.138. The Kier molecular flexibility index (Phi) is 4.32. The molecular weight excluding hydrogens is 238 g/mol. The highest BCUT2D eigenvalue weighted by Gasteiger charge is 2.33. The van der Waals surface area contributed by atoms with Crippen LogP contribution in [0.15, 0.2) is 12.3 Å². The number of nitrogen functional groups attached to an aromatic ring is 1. The number of nitrogens with zero attached hydrogens (tertiary/aromatic N) is 2. The summed E-state index contributed by atoms with van der Waals surface area (Å²) >= 11 is 5.95. The van der Waals surface area contributed by atoms with E-state index in [1.165, 1.54) is 6.20 Å². The molecule has 0 fully saturated rings. The van der Waals surface area contributed by atoms with E-state index in [0.29, 0.717) is 10.8 Å². The summed E-state index contributed by atoms with van der Waals surface area (Å²) in [6.45, 7) is 4.13. The first-order valence-corrected chi connectivity index (χ1v) is 5.73. The Labute approximate surface area is 107 Å². The molecular formula is C11H20ClN5. The largest absolute Gasteiger partial charge is 0.383 e. The van der Waals surface area contributed by atoms with Crippen LogP contribution >= 0.6 is 11.6 Å². The van der Waals surface area contributed by atoms with Crippen LogP contribution in [0.1, 0.15) is 25.5 Å². The van der Waals surface area contributed by atoms with Crippen molar-refractivity contribution in [1.82, 2.24) is 15.3 Å². The minimum Gasteiger partial charge on any atom is -0.383 e. The third kappa shape index (κ3) is 2.87. The van der Waals surface area contributed by atoms with Crippen molar-refractivity contribution in [2.24, 2.45) is 5.84 Å². The number of anilines is 1. The second-order valence-corrected chi connectivity index (χ2v) is 5.21. The lowest BCUT2D eigenvalue weighted by Gasteiger charge is -2.40. The molecule has 17 heavy (non-hydrogen) atoms. The molecule has 5 nitrogen and oxygen atoms in total. The summed E-state index contributed by atoms with van der Waals surface area (Å²) in [6, 6.07) is 1.63. The maximum absolute atomic E-state index is 5.95. The smallest absolute Gasteiger partial charge is 0.128 e. The topological polar surface area (TPSA) is 80.2 Å². The van der Waals surface area contributed by atoms with Crippen LogP contribution in [0.2, 0.25) is 5.02 Å². The number of halogens is 1. The Morgan fingerprint density at radius 1 is 1.47 bits per heavy atom. The SMILES string of the molecule is CN(C)C(C)(C)C(NN)c1cc(Cl)cnc1N. The molecule has 96 valence electrons. The van der Waals surface area contributed by atoms with Crippen LogP contribution in [0, 0.1) is 0 Å². The minimum absolute atomic E-state index is 0.163. The van der Waals surface area contributed by atoms with Crippen LogP contribution in [-0.4, -0.2) is 29.5 Å². The highest BCUT2D eigenvalue weighted by Crippen LogP contribution is 2.32. The third-order valence-corrected chi connectivity index (χ3v) is 3.46. The number of nitrogens with two attached hydrogens (primary N) is 2. The van der Waals surface area contributed by atoms with Gasteiger partial charge in [0.25, 0.3) is 0 Å². The fourth-order valence-electron chi connectivity index (χ4n) is 1.63. The number of hydrogen-bond acceptors (Lipinski definition) is 5. The molecule has 5 N–H and O–H groups in total. The van der Waals surface area contributed by atoms with E-state index in [9.17, 15) is 0 Å². The molecule has 0 radical (unpaired) electrons. The number of rotatable bonds is 4. The summed E-state index contributed by atoms with van der Waals surface area (Å²) in [7, 11) is 3.97. The summed E-state index contributed by atoms with van der Waals surface area (Å²) in [5.41, 5.74) is 9.24. The summed E-state index contributed by atoms with van der Waals surface area (Å²) in [5, 5.41) is 0.545. The van der Waals surface area contributed by atoms with E-state index >= 15 is 0 Å². The molecule has 0 spiro atoms. The molecule has 1 aromatic heterocycles. The molecule has 1 aromatic rings. The molecule has 1 heterocycles. The van der Waals surface area contributed by atoms with Crippen LogP contribution in [0.3, 0.4) is 0 Å². The van der Waals surface area contributed by atoms with Crippen molar-refractivity contribution >= 4 is 17.4 Å². The van der Waals surface area contributed by atoms with Gasteiger partial charge in [-0.25, -0.2) is 4.98 Å². The van der Waals surface area contributed by atoms with Crippen LogP contribution in [0.4, 0.5) is 5.82 Å². The lowest BCUT2D eigenvalue weighted by atomic mass is 9.88. The molecule has 0 aliphatic heterocycles. The van der Waals surface area contributed by atoms with Gasteiger partial charge in [-0.3, -0.25) is 11.3 Å². The number of likely N-dealkylation sites (N-methyl/N-ethyl adjacent to an activating group) is 1. The first-order valence-electron chi connectivity index (χ1n) is 5.35. The molecule has 0 saturated heterocycles. The van der Waals surface area contributed by atoms with Gasteiger partial charge in [-0.1, -0.05) is 11.6 Å². The first kappa shape index (κ1) is 14.2. The molecule has 1 atom stereocenters. The van der Waals surface area contributed by atoms with Crippen molar-refractivity contribution in [3.05, 3.63) is 22.8 Å². The fourth-order valence-corrected chi connectivity index (χ4v) is 1.80. The number of nitrogens with one attached hydrogen (secondary N) is 1. The molecule has 0 amide bonds. The van der Waals surface area contributed by atoms with Crippen molar-refractivity contribution < 1.29 is 0 Å². The van der Waals surface area contributed by atoms with E-state index in [2.05, 4.69) is 29.2 Å². The summed E-state index contributed by atoms with van der Waals surface area (Å²) in [4.78, 5) is 6.12. The second-order valence-electron chi connectivity index (χ2n) is 4.78. The molecule has 1 rings (SSSR count). The second kappa shape index (κ2) is 5.18. The van der Waals surface area contributed by atoms with Crippen LogP contribution in [-0.2, 0) is 0 Å². The maximum atomic E-state index is 5.95. The van der Waals surface area contributed by atoms with E-state index < -0.39 is 0 Å². The average Bonchev–Trinajstić information content (AvgIpc) is 2.23. The van der Waals surface area contributed by atoms with E-state index in [0.717, 1.165) is 5.56 Å². The van der Waals surface area contributed by atoms with Gasteiger partial charge in [0.2, 0.25) is 0 Å². The van der Waals surface area contributed by atoms with Crippen molar-refractivity contribution in [2.75, 3.05) is 19.8 Å². The zero-order valence-corrected chi connectivity index (χ0v) is 11.4. The van der Waals surface area contributed by atoms with Crippen molar-refractivity contribution in [3.63, 3.8) is 0 Å². The quantitative estimate of drug-likeness (QED) is 0.557. The third-order valence-electron chi connectivity index (χ3n) is 3.25. The lowest BCUT2D eigenvalue weighted by Crippen LogP contribution is -2.51. The Balaban J connectivity index is 3.22. The van der Waals surface area contributed by atoms with Crippen LogP contribution in [0.25, 0.3) is 0 Å². The van der Waals surface area contributed by atoms with Gasteiger partial charge in [-0.15, -0.1) is 0 Å². The number of hydrazine groups is 1. The Morgan fingerprint density at radius 3 is 2.53 bits per heavy atom. The average molecular weight is 258 g/mol. The van der Waals surface area contributed by atoms with Crippen LogP contribution in [0.5, 0.6) is 0 Å². The molecule has 0 aromatic carbocycles. The normalized spacial score (nSPS) is 14.1. The number of hydrogen-bond donors (Lipinski definition) is 3. The summed E-state index contributed by atoms with van der Waals surface area (Å²) in [6.07, 6.45) is 1.52. The van der Waals surface area contributed by atoms with Crippen molar-refractivity contribution in [3.8, 4) is 0 Å². The van der Waals surface area contributed by atoms with Crippen molar-refractivity contribution in [2.45, 2.75) is 25.4 Å². The highest BCUT2D eigenvalue weighted by molar-refractivity contribution is 6.30. The van der Waals surface area contributed by atoms with Crippen LogP contribution < -0.4 is 17.0 Å². The highest BCUT2D eigenvalue weighted by atomic mass is 35.5. The van der Waals surface area contributed by atoms with Gasteiger partial charge in [0, 0.05) is 17.3 Å². The molecule has 0 bridgehead atoms. The van der Waals surface area contributed by atoms with Crippen molar-refractivity contribution in [1.29, 1.82) is 0 Å². The fraction of sp³-hybridized carbons (Fsp3) is 0.545. The number of pyridine rings is 1. The molecule has 1 unspecified atom stereocenters. The van der Waals surface area contributed by atoms with Gasteiger partial charge in [-0.05, 0) is 34.0 Å². The van der Waals surface area contributed by atoms with Gasteiger partial charge in [-0.2, -0.15) is 0 Å². The Bertz CT molecular complexity index is 391. The summed E-state index contributed by atoms with van der Waals surface area (Å²) in [5.74, 6) is 6.08. The first-order chi connectivity index (χ1) is 7.80. The van der Waals surface area contributed by atoms with Gasteiger partial charge in [0.15, 0.2) is 0 Å². The zero-order chi connectivity index (χ0) is 13.2. The molecule has 6 heteroatoms. The van der Waals surface area contributed by atoms with E-state index in [4.69, 9.17) is 23.2 Å². The monoisotopic (exact) mass is 257 g/mol. The standard InChI is InChI=1S/C11H20ClN5/c1-11(2,17(3)4)9(16-14)8-5-7(12)6-15-10(8)13/h5-6,9,16H,14H2,1-4H3,(H2,13,15). The van der Waals surface area contributed by atoms with E-state index in [1.54, 1.807) is 6.07 Å². The van der Waals surface area contributed by atoms with Gasteiger partial charge < -0.3 is 10.6 Å². The molecule has 0 aliphatic carbocycles. The van der Waals surface area contributed by atoms with Gasteiger partial charge in [0.05, 0.1) is 11.1 Å². The summed E-state index contributed by atoms with van der Waals surface area (Å²) < 4.78 is 0.